The van der Waals surface area contributed by atoms with Crippen LogP contribution in [-0.4, -0.2) is 16.0 Å². The molecule has 2 aromatic rings. The van der Waals surface area contributed by atoms with Gasteiger partial charge in [0.2, 0.25) is 5.75 Å². The Hall–Kier alpha value is -2.48. The van der Waals surface area contributed by atoms with Gasteiger partial charge in [0.1, 0.15) is 17.1 Å². The zero-order valence-corrected chi connectivity index (χ0v) is 11.8. The normalized spacial score (nSPS) is 10.2. The van der Waals surface area contributed by atoms with Crippen LogP contribution in [0.25, 0.3) is 0 Å². The number of halogens is 2. The predicted molar refractivity (Wildman–Crippen MR) is 74.2 cm³/mol. The molecular weight excluding hydrogens is 349 g/mol. The summed E-state index contributed by atoms with van der Waals surface area (Å²) in [6, 6.07) is 7.36. The zero-order chi connectivity index (χ0) is 15.6. The van der Waals surface area contributed by atoms with Crippen molar-refractivity contribution in [1.82, 2.24) is 0 Å². The average Bonchev–Trinajstić information content (AvgIpc) is 2.42. The molecule has 0 saturated heterocycles. The molecule has 0 bridgehead atoms. The van der Waals surface area contributed by atoms with Crippen molar-refractivity contribution in [3.05, 3.63) is 62.4 Å². The number of rotatable bonds is 4. The molecule has 0 saturated carbocycles. The largest absolute Gasteiger partial charge is 0.478 e. The molecule has 0 heterocycles. The van der Waals surface area contributed by atoms with Gasteiger partial charge in [-0.05, 0) is 28.1 Å². The topological polar surface area (TPSA) is 89.7 Å². The standard InChI is InChI=1S/C13H7BrFNO5/c14-8-5-10(16(19)20)12(6-9(8)15)21-11-4-2-1-3-7(11)13(17)18/h1-6H,(H,17,18). The number of carboxylic acids is 1. The van der Waals surface area contributed by atoms with E-state index in [4.69, 9.17) is 9.84 Å². The van der Waals surface area contributed by atoms with Crippen molar-refractivity contribution in [3.63, 3.8) is 0 Å². The van der Waals surface area contributed by atoms with Gasteiger partial charge in [-0.3, -0.25) is 10.1 Å². The number of carboxylic acid groups (broad SMARTS) is 1. The van der Waals surface area contributed by atoms with Gasteiger partial charge >= 0.3 is 11.7 Å². The van der Waals surface area contributed by atoms with Crippen LogP contribution in [0.1, 0.15) is 10.4 Å². The lowest BCUT2D eigenvalue weighted by Gasteiger charge is -2.09. The fraction of sp³-hybridized carbons (Fsp3) is 0. The second kappa shape index (κ2) is 5.88. The minimum atomic E-state index is -1.26. The Bertz CT molecular complexity index is 734. The summed E-state index contributed by atoms with van der Waals surface area (Å²) in [5, 5.41) is 20.0. The van der Waals surface area contributed by atoms with E-state index in [9.17, 15) is 19.3 Å². The SMILES string of the molecule is O=C(O)c1ccccc1Oc1cc(F)c(Br)cc1[N+](=O)[O-]. The van der Waals surface area contributed by atoms with Crippen LogP contribution in [0.2, 0.25) is 0 Å². The predicted octanol–water partition coefficient (Wildman–Crippen LogP) is 3.99. The summed E-state index contributed by atoms with van der Waals surface area (Å²) in [5.41, 5.74) is -0.668. The Morgan fingerprint density at radius 1 is 1.29 bits per heavy atom. The number of para-hydroxylation sites is 1. The summed E-state index contributed by atoms with van der Waals surface area (Å²) < 4.78 is 18.6. The molecule has 2 aromatic carbocycles. The molecule has 0 aliphatic rings. The van der Waals surface area contributed by atoms with E-state index in [0.717, 1.165) is 12.1 Å². The smallest absolute Gasteiger partial charge is 0.339 e. The van der Waals surface area contributed by atoms with E-state index in [2.05, 4.69) is 15.9 Å². The van der Waals surface area contributed by atoms with Crippen molar-refractivity contribution >= 4 is 27.6 Å². The van der Waals surface area contributed by atoms with Crippen LogP contribution in [0.15, 0.2) is 40.9 Å². The van der Waals surface area contributed by atoms with Crippen LogP contribution < -0.4 is 4.74 Å². The van der Waals surface area contributed by atoms with Crippen molar-refractivity contribution in [2.45, 2.75) is 0 Å². The van der Waals surface area contributed by atoms with Crippen LogP contribution in [-0.2, 0) is 0 Å². The Labute approximate surface area is 126 Å². The van der Waals surface area contributed by atoms with E-state index >= 15 is 0 Å². The molecule has 0 fully saturated rings. The third-order valence-corrected chi connectivity index (χ3v) is 3.14. The first-order chi connectivity index (χ1) is 9.90. The molecular formula is C13H7BrFNO5. The number of nitro groups is 1. The second-order valence-corrected chi connectivity index (χ2v) is 4.75. The van der Waals surface area contributed by atoms with Gasteiger partial charge in [-0.15, -0.1) is 0 Å². The van der Waals surface area contributed by atoms with Gasteiger partial charge in [0.15, 0.2) is 0 Å². The molecule has 0 radical (unpaired) electrons. The maximum Gasteiger partial charge on any atom is 0.339 e. The zero-order valence-electron chi connectivity index (χ0n) is 10.2. The monoisotopic (exact) mass is 355 g/mol. The highest BCUT2D eigenvalue weighted by atomic mass is 79.9. The van der Waals surface area contributed by atoms with Crippen LogP contribution in [0.4, 0.5) is 10.1 Å². The Morgan fingerprint density at radius 2 is 1.95 bits per heavy atom. The Balaban J connectivity index is 2.52. The van der Waals surface area contributed by atoms with Crippen LogP contribution >= 0.6 is 15.9 Å². The lowest BCUT2D eigenvalue weighted by molar-refractivity contribution is -0.385. The molecule has 0 aliphatic carbocycles. The van der Waals surface area contributed by atoms with Gasteiger partial charge in [0.05, 0.1) is 9.40 Å². The van der Waals surface area contributed by atoms with Crippen molar-refractivity contribution in [2.24, 2.45) is 0 Å². The van der Waals surface area contributed by atoms with Crippen molar-refractivity contribution in [3.8, 4) is 11.5 Å². The van der Waals surface area contributed by atoms with Crippen LogP contribution in [0, 0.1) is 15.9 Å². The number of ether oxygens (including phenoxy) is 1. The van der Waals surface area contributed by atoms with Crippen LogP contribution in [0.5, 0.6) is 11.5 Å². The number of hydrogen-bond acceptors (Lipinski definition) is 4. The number of nitro benzene ring substituents is 1. The van der Waals surface area contributed by atoms with E-state index in [1.807, 2.05) is 0 Å². The molecule has 1 N–H and O–H groups in total. The first-order valence-electron chi connectivity index (χ1n) is 5.53. The lowest BCUT2D eigenvalue weighted by atomic mass is 10.2. The summed E-state index contributed by atoms with van der Waals surface area (Å²) in [4.78, 5) is 21.3. The third-order valence-electron chi connectivity index (χ3n) is 2.54. The summed E-state index contributed by atoms with van der Waals surface area (Å²) in [6.07, 6.45) is 0. The van der Waals surface area contributed by atoms with Gasteiger partial charge in [-0.1, -0.05) is 12.1 Å². The molecule has 2 rings (SSSR count). The van der Waals surface area contributed by atoms with E-state index in [1.165, 1.54) is 24.3 Å². The average molecular weight is 356 g/mol. The van der Waals surface area contributed by atoms with E-state index < -0.39 is 22.4 Å². The quantitative estimate of drug-likeness (QED) is 0.661. The van der Waals surface area contributed by atoms with Crippen molar-refractivity contribution in [2.75, 3.05) is 0 Å². The molecule has 0 atom stereocenters. The molecule has 0 aromatic heterocycles. The highest BCUT2D eigenvalue weighted by Gasteiger charge is 2.21. The molecule has 108 valence electrons. The molecule has 6 nitrogen and oxygen atoms in total. The Kier molecular flexibility index (Phi) is 4.18. The molecule has 8 heteroatoms. The number of hydrogen-bond donors (Lipinski definition) is 1. The van der Waals surface area contributed by atoms with E-state index in [0.29, 0.717) is 0 Å². The van der Waals surface area contributed by atoms with Gasteiger partial charge in [-0.25, -0.2) is 9.18 Å². The van der Waals surface area contributed by atoms with E-state index in [1.54, 1.807) is 0 Å². The Morgan fingerprint density at radius 3 is 2.57 bits per heavy atom. The summed E-state index contributed by atoms with van der Waals surface area (Å²) in [7, 11) is 0. The van der Waals surface area contributed by atoms with E-state index in [-0.39, 0.29) is 21.5 Å². The summed E-state index contributed by atoms with van der Waals surface area (Å²) in [6.45, 7) is 0. The summed E-state index contributed by atoms with van der Waals surface area (Å²) >= 11 is 2.84. The third kappa shape index (κ3) is 3.16. The first-order valence-corrected chi connectivity index (χ1v) is 6.33. The van der Waals surface area contributed by atoms with Crippen molar-refractivity contribution < 1.29 is 24.0 Å². The molecule has 0 aliphatic heterocycles. The first kappa shape index (κ1) is 14.9. The van der Waals surface area contributed by atoms with Gasteiger partial charge < -0.3 is 9.84 Å². The number of aromatic carboxylic acids is 1. The molecule has 0 amide bonds. The minimum absolute atomic E-state index is 0.0898. The molecule has 21 heavy (non-hydrogen) atoms. The fourth-order valence-electron chi connectivity index (χ4n) is 1.59. The van der Waals surface area contributed by atoms with Gasteiger partial charge in [-0.2, -0.15) is 0 Å². The second-order valence-electron chi connectivity index (χ2n) is 3.89. The molecule has 0 spiro atoms. The van der Waals surface area contributed by atoms with Crippen LogP contribution in [0.3, 0.4) is 0 Å². The van der Waals surface area contributed by atoms with Gasteiger partial charge in [0, 0.05) is 12.1 Å². The number of carbonyl (C=O) groups is 1. The highest BCUT2D eigenvalue weighted by Crippen LogP contribution is 2.36. The number of nitrogens with zero attached hydrogens (tertiary/aromatic N) is 1. The lowest BCUT2D eigenvalue weighted by Crippen LogP contribution is -2.01. The van der Waals surface area contributed by atoms with Crippen molar-refractivity contribution in [1.29, 1.82) is 0 Å². The highest BCUT2D eigenvalue weighted by molar-refractivity contribution is 9.10. The summed E-state index contributed by atoms with van der Waals surface area (Å²) in [5.74, 6) is -2.52. The maximum atomic E-state index is 13.5. The van der Waals surface area contributed by atoms with Gasteiger partial charge in [0.25, 0.3) is 0 Å². The molecule has 0 unspecified atom stereocenters. The number of benzene rings is 2. The maximum absolute atomic E-state index is 13.5. The minimum Gasteiger partial charge on any atom is -0.478 e. The fourth-order valence-corrected chi connectivity index (χ4v) is 1.92.